The minimum absolute atomic E-state index is 0.308. The summed E-state index contributed by atoms with van der Waals surface area (Å²) in [5, 5.41) is 11.5. The molecule has 1 atom stereocenters. The second kappa shape index (κ2) is 12.3. The van der Waals surface area contributed by atoms with E-state index < -0.39 is 30.2 Å². The fourth-order valence-electron chi connectivity index (χ4n) is 4.53. The lowest BCUT2D eigenvalue weighted by molar-refractivity contribution is -0.135. The smallest absolute Gasteiger partial charge is 0.254 e. The molecule has 2 amide bonds. The highest BCUT2D eigenvalue weighted by Gasteiger charge is 2.32. The first-order valence-electron chi connectivity index (χ1n) is 12.5. The molecular weight excluding hydrogens is 478 g/mol. The third-order valence-corrected chi connectivity index (χ3v) is 6.72. The molecule has 0 aromatic heterocycles. The van der Waals surface area contributed by atoms with Crippen LogP contribution in [-0.4, -0.2) is 65.8 Å². The van der Waals surface area contributed by atoms with Crippen molar-refractivity contribution in [1.29, 1.82) is 0 Å². The predicted molar refractivity (Wildman–Crippen MR) is 145 cm³/mol. The highest BCUT2D eigenvalue weighted by Crippen LogP contribution is 2.22. The Morgan fingerprint density at radius 3 is 2.00 bits per heavy atom. The van der Waals surface area contributed by atoms with Gasteiger partial charge < -0.3 is 15.3 Å². The number of rotatable bonds is 8. The molecule has 3 aromatic carbocycles. The number of aliphatic hydroxyl groups is 1. The lowest BCUT2D eigenvalue weighted by Gasteiger charge is -2.25. The number of likely N-dealkylation sites (N-methyl/N-ethyl adjacent to an activating group) is 2. The van der Waals surface area contributed by atoms with Gasteiger partial charge in [0.2, 0.25) is 5.91 Å². The fraction of sp³-hybridized carbons (Fsp3) is 0.258. The zero-order valence-corrected chi connectivity index (χ0v) is 21.6. The zero-order valence-electron chi connectivity index (χ0n) is 21.6. The van der Waals surface area contributed by atoms with Crippen molar-refractivity contribution in [3.8, 4) is 11.8 Å². The van der Waals surface area contributed by atoms with Crippen molar-refractivity contribution < 1.29 is 19.5 Å². The van der Waals surface area contributed by atoms with Crippen molar-refractivity contribution in [2.45, 2.75) is 25.6 Å². The normalized spacial score (nSPS) is 13.1. The fourth-order valence-corrected chi connectivity index (χ4v) is 4.53. The SMILES string of the molecule is CNC(=O)C(C(=O)CO)N(C)C(=O)c1ccc(C#Cc2ccc(CCN3Cc4ccccc4C3)cc2)cc1. The summed E-state index contributed by atoms with van der Waals surface area (Å²) in [7, 11) is 2.73. The molecule has 7 heteroatoms. The molecule has 38 heavy (non-hydrogen) atoms. The summed E-state index contributed by atoms with van der Waals surface area (Å²) >= 11 is 0. The van der Waals surface area contributed by atoms with Crippen LogP contribution in [0.5, 0.6) is 0 Å². The average Bonchev–Trinajstić information content (AvgIpc) is 3.38. The Kier molecular flexibility index (Phi) is 8.70. The molecule has 4 rings (SSSR count). The Morgan fingerprint density at radius 1 is 0.921 bits per heavy atom. The van der Waals surface area contributed by atoms with Gasteiger partial charge in [-0.05, 0) is 59.5 Å². The van der Waals surface area contributed by atoms with E-state index in [-0.39, 0.29) is 0 Å². The lowest BCUT2D eigenvalue weighted by Crippen LogP contribution is -2.52. The third kappa shape index (κ3) is 6.35. The predicted octanol–water partition coefficient (Wildman–Crippen LogP) is 2.39. The second-order valence-electron chi connectivity index (χ2n) is 9.31. The van der Waals surface area contributed by atoms with Crippen molar-refractivity contribution in [2.24, 2.45) is 0 Å². The molecular formula is C31H31N3O4. The molecule has 0 bridgehead atoms. The van der Waals surface area contributed by atoms with Crippen LogP contribution in [0.25, 0.3) is 0 Å². The number of ketones is 1. The third-order valence-electron chi connectivity index (χ3n) is 6.72. The van der Waals surface area contributed by atoms with Gasteiger partial charge >= 0.3 is 0 Å². The van der Waals surface area contributed by atoms with E-state index in [1.807, 2.05) is 12.1 Å². The molecule has 1 aliphatic rings. The number of carbonyl (C=O) groups excluding carboxylic acids is 3. The van der Waals surface area contributed by atoms with Crippen LogP contribution in [0.15, 0.2) is 72.8 Å². The number of aliphatic hydroxyl groups excluding tert-OH is 1. The van der Waals surface area contributed by atoms with Crippen molar-refractivity contribution in [3.63, 3.8) is 0 Å². The van der Waals surface area contributed by atoms with Crippen LogP contribution in [0.2, 0.25) is 0 Å². The standard InChI is InChI=1S/C31H31N3O4/c1-32-30(37)29(28(36)21-35)33(2)31(38)25-15-13-23(14-16-25)8-7-22-9-11-24(12-10-22)17-18-34-19-26-5-3-4-6-27(26)20-34/h3-6,9-16,29,35H,17-21H2,1-2H3,(H,32,37). The molecule has 0 saturated heterocycles. The highest BCUT2D eigenvalue weighted by molar-refractivity contribution is 6.10. The summed E-state index contributed by atoms with van der Waals surface area (Å²) in [5.41, 5.74) is 6.06. The summed E-state index contributed by atoms with van der Waals surface area (Å²) in [6.07, 6.45) is 0.982. The molecule has 0 fully saturated rings. The molecule has 0 radical (unpaired) electrons. The molecule has 1 unspecified atom stereocenters. The van der Waals surface area contributed by atoms with E-state index in [2.05, 4.69) is 58.5 Å². The molecule has 0 spiro atoms. The van der Waals surface area contributed by atoms with E-state index >= 15 is 0 Å². The topological polar surface area (TPSA) is 90.0 Å². The molecule has 1 heterocycles. The van der Waals surface area contributed by atoms with E-state index in [0.29, 0.717) is 5.56 Å². The van der Waals surface area contributed by atoms with Gasteiger partial charge in [-0.3, -0.25) is 19.3 Å². The van der Waals surface area contributed by atoms with Crippen LogP contribution in [-0.2, 0) is 29.1 Å². The van der Waals surface area contributed by atoms with Crippen LogP contribution in [0.4, 0.5) is 0 Å². The summed E-state index contributed by atoms with van der Waals surface area (Å²) in [6.45, 7) is 2.20. The number of nitrogens with one attached hydrogen (secondary N) is 1. The summed E-state index contributed by atoms with van der Waals surface area (Å²) in [6, 6.07) is 22.1. The number of Topliss-reactive ketones (excluding diaryl/α,β-unsaturated/α-hetero) is 1. The van der Waals surface area contributed by atoms with E-state index in [1.54, 1.807) is 24.3 Å². The Hall–Kier alpha value is -4.25. The monoisotopic (exact) mass is 509 g/mol. The van der Waals surface area contributed by atoms with Gasteiger partial charge in [0.15, 0.2) is 11.8 Å². The van der Waals surface area contributed by atoms with E-state index in [4.69, 9.17) is 0 Å². The maximum Gasteiger partial charge on any atom is 0.254 e. The summed E-state index contributed by atoms with van der Waals surface area (Å²) in [5.74, 6) is 4.34. The van der Waals surface area contributed by atoms with E-state index in [1.165, 1.54) is 30.8 Å². The average molecular weight is 510 g/mol. The minimum atomic E-state index is -1.40. The molecule has 1 aliphatic heterocycles. The summed E-state index contributed by atoms with van der Waals surface area (Å²) in [4.78, 5) is 40.4. The van der Waals surface area contributed by atoms with Crippen molar-refractivity contribution in [3.05, 3.63) is 106 Å². The molecule has 194 valence electrons. The number of hydrogen-bond acceptors (Lipinski definition) is 5. The van der Waals surface area contributed by atoms with Crippen LogP contribution in [0.1, 0.15) is 38.2 Å². The molecule has 0 aliphatic carbocycles. The Balaban J connectivity index is 1.33. The van der Waals surface area contributed by atoms with Crippen LogP contribution >= 0.6 is 0 Å². The first-order valence-corrected chi connectivity index (χ1v) is 12.5. The number of benzene rings is 3. The Labute approximate surface area is 223 Å². The lowest BCUT2D eigenvalue weighted by atomic mass is 10.1. The maximum atomic E-state index is 12.8. The van der Waals surface area contributed by atoms with Gasteiger partial charge in [0.1, 0.15) is 6.61 Å². The van der Waals surface area contributed by atoms with Gasteiger partial charge in [0.05, 0.1) is 0 Å². The van der Waals surface area contributed by atoms with Gasteiger partial charge in [-0.15, -0.1) is 0 Å². The first-order chi connectivity index (χ1) is 18.4. The van der Waals surface area contributed by atoms with E-state index in [0.717, 1.165) is 42.1 Å². The maximum absolute atomic E-state index is 12.8. The van der Waals surface area contributed by atoms with Gasteiger partial charge in [-0.1, -0.05) is 48.2 Å². The number of amides is 2. The number of carbonyl (C=O) groups is 3. The number of fused-ring (bicyclic) bond motifs is 1. The number of nitrogens with zero attached hydrogens (tertiary/aromatic N) is 2. The molecule has 3 aromatic rings. The molecule has 7 nitrogen and oxygen atoms in total. The first kappa shape index (κ1) is 26.8. The second-order valence-corrected chi connectivity index (χ2v) is 9.31. The quantitative estimate of drug-likeness (QED) is 0.360. The van der Waals surface area contributed by atoms with Gasteiger partial charge in [-0.2, -0.15) is 0 Å². The van der Waals surface area contributed by atoms with Crippen LogP contribution in [0.3, 0.4) is 0 Å². The van der Waals surface area contributed by atoms with Crippen molar-refractivity contribution in [2.75, 3.05) is 27.2 Å². The molecule has 2 N–H and O–H groups in total. The molecule has 0 saturated carbocycles. The summed E-state index contributed by atoms with van der Waals surface area (Å²) < 4.78 is 0. The van der Waals surface area contributed by atoms with Crippen LogP contribution in [0, 0.1) is 11.8 Å². The van der Waals surface area contributed by atoms with Crippen molar-refractivity contribution >= 4 is 17.6 Å². The van der Waals surface area contributed by atoms with Crippen LogP contribution < -0.4 is 5.32 Å². The van der Waals surface area contributed by atoms with Gasteiger partial charge in [0, 0.05) is 50.4 Å². The minimum Gasteiger partial charge on any atom is -0.388 e. The highest BCUT2D eigenvalue weighted by atomic mass is 16.3. The Bertz CT molecular complexity index is 1330. The zero-order chi connectivity index (χ0) is 27.1. The van der Waals surface area contributed by atoms with E-state index in [9.17, 15) is 19.5 Å². The van der Waals surface area contributed by atoms with Gasteiger partial charge in [0.25, 0.3) is 5.91 Å². The number of hydrogen-bond donors (Lipinski definition) is 2. The Morgan fingerprint density at radius 2 is 1.47 bits per heavy atom. The van der Waals surface area contributed by atoms with Crippen molar-refractivity contribution in [1.82, 2.24) is 15.1 Å². The largest absolute Gasteiger partial charge is 0.388 e. The van der Waals surface area contributed by atoms with Gasteiger partial charge in [-0.25, -0.2) is 0 Å².